The number of hydrogen-bond acceptors (Lipinski definition) is 4. The molecule has 0 amide bonds. The van der Waals surface area contributed by atoms with Gasteiger partial charge in [0.05, 0.1) is 13.7 Å². The van der Waals surface area contributed by atoms with Crippen LogP contribution in [0.1, 0.15) is 63.1 Å². The number of hydrogen-bond donors (Lipinski definition) is 0. The smallest absolute Gasteiger partial charge is 0.305 e. The van der Waals surface area contributed by atoms with Crippen LogP contribution in [-0.4, -0.2) is 26.4 Å². The minimum Gasteiger partial charge on any atom is -0.469 e. The Bertz CT molecular complexity index is 852. The molecule has 0 aliphatic rings. The van der Waals surface area contributed by atoms with Gasteiger partial charge in [-0.3, -0.25) is 9.78 Å². The van der Waals surface area contributed by atoms with Crippen molar-refractivity contribution in [1.82, 2.24) is 4.98 Å². The van der Waals surface area contributed by atoms with Crippen molar-refractivity contribution in [3.8, 4) is 0 Å². The van der Waals surface area contributed by atoms with Crippen molar-refractivity contribution in [2.75, 3.05) is 7.11 Å². The summed E-state index contributed by atoms with van der Waals surface area (Å²) in [6.45, 7) is 12.0. The molecule has 0 N–H and O–H groups in total. The molecular weight excluding hydrogens is 402 g/mol. The van der Waals surface area contributed by atoms with E-state index in [4.69, 9.17) is 9.16 Å². The van der Waals surface area contributed by atoms with Gasteiger partial charge < -0.3 is 9.16 Å². The summed E-state index contributed by atoms with van der Waals surface area (Å²) >= 11 is 0. The summed E-state index contributed by atoms with van der Waals surface area (Å²) in [5.74, 6) is -0.146. The van der Waals surface area contributed by atoms with Gasteiger partial charge in [0.25, 0.3) is 0 Å². The first-order chi connectivity index (χ1) is 14.6. The highest BCUT2D eigenvalue weighted by Gasteiger charge is 2.36. The molecule has 0 saturated heterocycles. The molecular formula is C26H37NO3Si. The molecule has 31 heavy (non-hydrogen) atoms. The predicted octanol–water partition coefficient (Wildman–Crippen LogP) is 6.77. The highest BCUT2D eigenvalue weighted by Crippen LogP contribution is 2.37. The molecule has 0 unspecified atom stereocenters. The van der Waals surface area contributed by atoms with Crippen LogP contribution in [0, 0.1) is 0 Å². The van der Waals surface area contributed by atoms with E-state index in [1.807, 2.05) is 12.3 Å². The zero-order chi connectivity index (χ0) is 22.9. The Hall–Kier alpha value is -2.24. The average Bonchev–Trinajstić information content (AvgIpc) is 2.75. The van der Waals surface area contributed by atoms with E-state index in [0.29, 0.717) is 13.0 Å². The fraction of sp³-hybridized carbons (Fsp3) is 0.462. The van der Waals surface area contributed by atoms with Crippen LogP contribution in [0.2, 0.25) is 18.1 Å². The molecule has 2 aromatic rings. The lowest BCUT2D eigenvalue weighted by atomic mass is 9.96. The molecule has 5 heteroatoms. The topological polar surface area (TPSA) is 48.4 Å². The number of benzene rings is 1. The molecule has 0 bridgehead atoms. The second-order valence-electron chi connectivity index (χ2n) is 9.43. The van der Waals surface area contributed by atoms with E-state index in [2.05, 4.69) is 75.3 Å². The molecule has 1 heterocycles. The number of ether oxygens (including phenoxy) is 1. The lowest BCUT2D eigenvalue weighted by Gasteiger charge is -2.36. The molecule has 0 aliphatic heterocycles. The molecule has 4 nitrogen and oxygen atoms in total. The van der Waals surface area contributed by atoms with Crippen molar-refractivity contribution in [2.24, 2.45) is 0 Å². The molecule has 1 aromatic heterocycles. The van der Waals surface area contributed by atoms with E-state index in [1.54, 1.807) is 6.20 Å². The number of methoxy groups -OCH3 is 1. The Morgan fingerprint density at radius 2 is 1.77 bits per heavy atom. The van der Waals surface area contributed by atoms with E-state index in [0.717, 1.165) is 30.4 Å². The summed E-state index contributed by atoms with van der Waals surface area (Å²) in [4.78, 5) is 15.6. The van der Waals surface area contributed by atoms with E-state index >= 15 is 0 Å². The molecule has 168 valence electrons. The van der Waals surface area contributed by atoms with Crippen LogP contribution in [0.25, 0.3) is 5.57 Å². The number of rotatable bonds is 10. The molecule has 1 aromatic carbocycles. The van der Waals surface area contributed by atoms with Gasteiger partial charge in [-0.25, -0.2) is 0 Å². The van der Waals surface area contributed by atoms with Crippen LogP contribution in [0.15, 0.2) is 54.9 Å². The van der Waals surface area contributed by atoms with Gasteiger partial charge in [-0.15, -0.1) is 0 Å². The number of esters is 1. The fourth-order valence-corrected chi connectivity index (χ4v) is 3.91. The van der Waals surface area contributed by atoms with Crippen LogP contribution < -0.4 is 0 Å². The van der Waals surface area contributed by atoms with Crippen LogP contribution in [0.5, 0.6) is 0 Å². The van der Waals surface area contributed by atoms with Gasteiger partial charge in [-0.05, 0) is 60.2 Å². The van der Waals surface area contributed by atoms with Crippen LogP contribution in [0.3, 0.4) is 0 Å². The van der Waals surface area contributed by atoms with Crippen LogP contribution >= 0.6 is 0 Å². The van der Waals surface area contributed by atoms with Gasteiger partial charge in [0.15, 0.2) is 8.32 Å². The monoisotopic (exact) mass is 439 g/mol. The van der Waals surface area contributed by atoms with E-state index in [1.165, 1.54) is 18.2 Å². The third-order valence-electron chi connectivity index (χ3n) is 6.05. The highest BCUT2D eigenvalue weighted by atomic mass is 28.4. The zero-order valence-electron chi connectivity index (χ0n) is 19.9. The number of carbonyl (C=O) groups excluding carboxylic acids is 1. The Balaban J connectivity index is 2.10. The summed E-state index contributed by atoms with van der Waals surface area (Å²) in [7, 11) is -0.331. The molecule has 0 spiro atoms. The van der Waals surface area contributed by atoms with Crippen LogP contribution in [0.4, 0.5) is 0 Å². The van der Waals surface area contributed by atoms with E-state index in [9.17, 15) is 4.79 Å². The van der Waals surface area contributed by atoms with Gasteiger partial charge in [-0.2, -0.15) is 0 Å². The van der Waals surface area contributed by atoms with Crippen molar-refractivity contribution in [2.45, 2.75) is 71.2 Å². The van der Waals surface area contributed by atoms with Gasteiger partial charge in [0.2, 0.25) is 0 Å². The maximum Gasteiger partial charge on any atom is 0.305 e. The SMILES string of the molecule is COC(=O)CCCC/C=C(/c1ccc(CO[Si](C)(C)C(C)(C)C)cc1)c1cccnc1. The molecule has 0 aliphatic carbocycles. The largest absolute Gasteiger partial charge is 0.469 e. The van der Waals surface area contributed by atoms with Gasteiger partial charge in [0.1, 0.15) is 0 Å². The number of aromatic nitrogens is 1. The second-order valence-corrected chi connectivity index (χ2v) is 14.2. The van der Waals surface area contributed by atoms with E-state index in [-0.39, 0.29) is 11.0 Å². The molecule has 0 atom stereocenters. The molecule has 0 saturated carbocycles. The number of pyridine rings is 1. The third kappa shape index (κ3) is 7.75. The zero-order valence-corrected chi connectivity index (χ0v) is 20.9. The highest BCUT2D eigenvalue weighted by molar-refractivity contribution is 6.74. The number of allylic oxidation sites excluding steroid dienone is 1. The number of carbonyl (C=O) groups is 1. The Morgan fingerprint density at radius 3 is 2.35 bits per heavy atom. The lowest BCUT2D eigenvalue weighted by molar-refractivity contribution is -0.140. The van der Waals surface area contributed by atoms with Gasteiger partial charge in [0, 0.05) is 24.4 Å². The van der Waals surface area contributed by atoms with Gasteiger partial charge >= 0.3 is 5.97 Å². The van der Waals surface area contributed by atoms with Crippen molar-refractivity contribution < 1.29 is 14.0 Å². The summed E-state index contributed by atoms with van der Waals surface area (Å²) in [5.41, 5.74) is 4.62. The van der Waals surface area contributed by atoms with Crippen molar-refractivity contribution in [1.29, 1.82) is 0 Å². The third-order valence-corrected chi connectivity index (χ3v) is 10.5. The van der Waals surface area contributed by atoms with E-state index < -0.39 is 8.32 Å². The van der Waals surface area contributed by atoms with Gasteiger partial charge in [-0.1, -0.05) is 57.2 Å². The second kappa shape index (κ2) is 11.4. The number of unbranched alkanes of at least 4 members (excludes halogenated alkanes) is 2. The summed E-state index contributed by atoms with van der Waals surface area (Å²) < 4.78 is 11.1. The average molecular weight is 440 g/mol. The molecule has 0 fully saturated rings. The van der Waals surface area contributed by atoms with Crippen molar-refractivity contribution in [3.63, 3.8) is 0 Å². The normalized spacial score (nSPS) is 12.6. The molecule has 0 radical (unpaired) electrons. The summed E-state index contributed by atoms with van der Waals surface area (Å²) in [6.07, 6.45) is 9.07. The first kappa shape index (κ1) is 25.0. The molecule has 2 rings (SSSR count). The Morgan fingerprint density at radius 1 is 1.06 bits per heavy atom. The summed E-state index contributed by atoms with van der Waals surface area (Å²) in [5, 5.41) is 0.205. The Kier molecular flexibility index (Phi) is 9.20. The quantitative estimate of drug-likeness (QED) is 0.233. The standard InChI is InChI=1S/C26H37NO3Si/c1-26(2,3)31(5,6)30-20-21-14-16-22(17-15-21)24(23-11-10-18-27-19-23)12-8-7-9-13-25(28)29-4/h10-12,14-19H,7-9,13,20H2,1-6H3/b24-12-. The maximum absolute atomic E-state index is 11.3. The first-order valence-electron chi connectivity index (χ1n) is 11.0. The van der Waals surface area contributed by atoms with Crippen LogP contribution in [-0.2, 0) is 20.6 Å². The minimum atomic E-state index is -1.76. The fourth-order valence-electron chi connectivity index (χ4n) is 2.95. The summed E-state index contributed by atoms with van der Waals surface area (Å²) in [6, 6.07) is 12.7. The lowest BCUT2D eigenvalue weighted by Crippen LogP contribution is -2.40. The predicted molar refractivity (Wildman–Crippen MR) is 130 cm³/mol. The van der Waals surface area contributed by atoms with Crippen molar-refractivity contribution >= 4 is 19.9 Å². The maximum atomic E-state index is 11.3. The number of nitrogens with zero attached hydrogens (tertiary/aromatic N) is 1. The first-order valence-corrected chi connectivity index (χ1v) is 14.0. The Labute approximate surface area is 188 Å². The minimum absolute atomic E-state index is 0.146. The van der Waals surface area contributed by atoms with Crippen molar-refractivity contribution in [3.05, 3.63) is 71.6 Å².